The van der Waals surface area contributed by atoms with Crippen molar-refractivity contribution in [3.63, 3.8) is 0 Å². The molecular weight excluding hydrogens is 248 g/mol. The van der Waals surface area contributed by atoms with Crippen molar-refractivity contribution in [1.29, 1.82) is 0 Å². The van der Waals surface area contributed by atoms with E-state index in [0.29, 0.717) is 5.75 Å². The molecule has 0 spiro atoms. The Morgan fingerprint density at radius 1 is 1.50 bits per heavy atom. The van der Waals surface area contributed by atoms with Gasteiger partial charge in [0.1, 0.15) is 5.75 Å². The van der Waals surface area contributed by atoms with Crippen molar-refractivity contribution in [2.45, 2.75) is 20.0 Å². The van der Waals surface area contributed by atoms with Crippen molar-refractivity contribution >= 4 is 21.9 Å². The number of aryl methyl sites for hydroxylation is 1. The highest BCUT2D eigenvalue weighted by molar-refractivity contribution is 9.10. The molecule has 0 saturated heterocycles. The van der Waals surface area contributed by atoms with Gasteiger partial charge in [0.25, 0.3) is 0 Å². The molecule has 0 amide bonds. The summed E-state index contributed by atoms with van der Waals surface area (Å²) in [7, 11) is 0. The Kier molecular flexibility index (Phi) is 3.52. The van der Waals surface area contributed by atoms with E-state index in [2.05, 4.69) is 15.9 Å². The third kappa shape index (κ3) is 3.03. The van der Waals surface area contributed by atoms with Crippen LogP contribution in [0.4, 0.5) is 0 Å². The minimum Gasteiger partial charge on any atom is -0.479 e. The minimum absolute atomic E-state index is 0.562. The molecule has 0 aliphatic rings. The first-order valence-electron chi connectivity index (χ1n) is 4.15. The highest BCUT2D eigenvalue weighted by Gasteiger charge is 2.12. The van der Waals surface area contributed by atoms with Gasteiger partial charge in [-0.05, 0) is 37.6 Å². The molecule has 0 aromatic heterocycles. The lowest BCUT2D eigenvalue weighted by Gasteiger charge is -2.11. The van der Waals surface area contributed by atoms with Crippen molar-refractivity contribution in [2.24, 2.45) is 0 Å². The maximum absolute atomic E-state index is 10.5. The van der Waals surface area contributed by atoms with Crippen LogP contribution in [0.15, 0.2) is 22.7 Å². The Morgan fingerprint density at radius 3 is 2.64 bits per heavy atom. The molecular formula is C10H11BrO3. The summed E-state index contributed by atoms with van der Waals surface area (Å²) in [5.41, 5.74) is 1.02. The van der Waals surface area contributed by atoms with Crippen LogP contribution in [0, 0.1) is 6.92 Å². The van der Waals surface area contributed by atoms with Crippen molar-refractivity contribution in [2.75, 3.05) is 0 Å². The summed E-state index contributed by atoms with van der Waals surface area (Å²) < 4.78 is 6.09. The first-order valence-corrected chi connectivity index (χ1v) is 4.95. The fourth-order valence-corrected chi connectivity index (χ4v) is 1.61. The van der Waals surface area contributed by atoms with Gasteiger partial charge in [-0.15, -0.1) is 0 Å². The molecule has 1 unspecified atom stereocenters. The van der Waals surface area contributed by atoms with Gasteiger partial charge >= 0.3 is 5.97 Å². The van der Waals surface area contributed by atoms with E-state index in [1.54, 1.807) is 12.1 Å². The molecule has 0 radical (unpaired) electrons. The number of halogens is 1. The minimum atomic E-state index is -0.970. The Bertz CT molecular complexity index is 329. The molecule has 1 N–H and O–H groups in total. The third-order valence-electron chi connectivity index (χ3n) is 1.68. The zero-order valence-corrected chi connectivity index (χ0v) is 9.54. The summed E-state index contributed by atoms with van der Waals surface area (Å²) in [6.45, 7) is 3.42. The number of benzene rings is 1. The summed E-state index contributed by atoms with van der Waals surface area (Å²) in [6.07, 6.45) is -0.830. The zero-order chi connectivity index (χ0) is 10.7. The van der Waals surface area contributed by atoms with Crippen LogP contribution >= 0.6 is 15.9 Å². The van der Waals surface area contributed by atoms with Gasteiger partial charge in [-0.1, -0.05) is 15.9 Å². The molecule has 1 aromatic rings. The van der Waals surface area contributed by atoms with Crippen molar-refractivity contribution in [3.8, 4) is 5.75 Å². The highest BCUT2D eigenvalue weighted by Crippen LogP contribution is 2.21. The predicted octanol–water partition coefficient (Wildman–Crippen LogP) is 2.61. The second kappa shape index (κ2) is 4.46. The Morgan fingerprint density at radius 2 is 2.14 bits per heavy atom. The smallest absolute Gasteiger partial charge is 0.344 e. The fourth-order valence-electron chi connectivity index (χ4n) is 1.03. The average molecular weight is 259 g/mol. The number of ether oxygens (including phenoxy) is 1. The zero-order valence-electron chi connectivity index (χ0n) is 7.95. The summed E-state index contributed by atoms with van der Waals surface area (Å²) >= 11 is 3.31. The van der Waals surface area contributed by atoms with Gasteiger partial charge in [-0.2, -0.15) is 0 Å². The van der Waals surface area contributed by atoms with E-state index >= 15 is 0 Å². The van der Waals surface area contributed by atoms with Gasteiger partial charge in [-0.25, -0.2) is 4.79 Å². The third-order valence-corrected chi connectivity index (χ3v) is 2.13. The monoisotopic (exact) mass is 258 g/mol. The van der Waals surface area contributed by atoms with E-state index in [-0.39, 0.29) is 0 Å². The van der Waals surface area contributed by atoms with Crippen LogP contribution in [0.5, 0.6) is 5.75 Å². The van der Waals surface area contributed by atoms with E-state index in [9.17, 15) is 4.79 Å². The van der Waals surface area contributed by atoms with Crippen LogP contribution in [-0.4, -0.2) is 17.2 Å². The molecule has 0 aliphatic heterocycles. The summed E-state index contributed by atoms with van der Waals surface area (Å²) in [5.74, 6) is -0.408. The molecule has 3 nitrogen and oxygen atoms in total. The second-order valence-electron chi connectivity index (χ2n) is 3.06. The van der Waals surface area contributed by atoms with Gasteiger partial charge in [0.05, 0.1) is 0 Å². The SMILES string of the molecule is Cc1cc(Br)cc(OC(C)C(=O)O)c1. The number of hydrogen-bond donors (Lipinski definition) is 1. The summed E-state index contributed by atoms with van der Waals surface area (Å²) in [6, 6.07) is 5.47. The quantitative estimate of drug-likeness (QED) is 0.907. The van der Waals surface area contributed by atoms with Crippen LogP contribution in [0.3, 0.4) is 0 Å². The topological polar surface area (TPSA) is 46.5 Å². The Labute approximate surface area is 90.8 Å². The van der Waals surface area contributed by atoms with Crippen molar-refractivity contribution in [3.05, 3.63) is 28.2 Å². The lowest BCUT2D eigenvalue weighted by Crippen LogP contribution is -2.22. The van der Waals surface area contributed by atoms with Gasteiger partial charge in [0.2, 0.25) is 0 Å². The van der Waals surface area contributed by atoms with Gasteiger partial charge < -0.3 is 9.84 Å². The number of carboxylic acids is 1. The molecule has 76 valence electrons. The molecule has 0 fully saturated rings. The molecule has 0 saturated carbocycles. The number of carboxylic acid groups (broad SMARTS) is 1. The van der Waals surface area contributed by atoms with E-state index in [4.69, 9.17) is 9.84 Å². The predicted molar refractivity (Wildman–Crippen MR) is 56.6 cm³/mol. The van der Waals surface area contributed by atoms with E-state index < -0.39 is 12.1 Å². The van der Waals surface area contributed by atoms with Crippen LogP contribution in [0.25, 0.3) is 0 Å². The van der Waals surface area contributed by atoms with Crippen LogP contribution in [0.1, 0.15) is 12.5 Å². The normalized spacial score (nSPS) is 12.2. The summed E-state index contributed by atoms with van der Waals surface area (Å²) in [4.78, 5) is 10.5. The Balaban J connectivity index is 2.81. The number of carbonyl (C=O) groups is 1. The van der Waals surface area contributed by atoms with Gasteiger partial charge in [0, 0.05) is 4.47 Å². The molecule has 0 aliphatic carbocycles. The fraction of sp³-hybridized carbons (Fsp3) is 0.300. The molecule has 0 heterocycles. The molecule has 14 heavy (non-hydrogen) atoms. The first-order chi connectivity index (χ1) is 6.49. The lowest BCUT2D eigenvalue weighted by molar-refractivity contribution is -0.144. The molecule has 0 bridgehead atoms. The van der Waals surface area contributed by atoms with Crippen LogP contribution < -0.4 is 4.74 Å². The lowest BCUT2D eigenvalue weighted by atomic mass is 10.2. The van der Waals surface area contributed by atoms with E-state index in [1.807, 2.05) is 13.0 Å². The summed E-state index contributed by atoms with van der Waals surface area (Å²) in [5, 5.41) is 8.65. The highest BCUT2D eigenvalue weighted by atomic mass is 79.9. The van der Waals surface area contributed by atoms with Gasteiger partial charge in [0.15, 0.2) is 6.10 Å². The molecule has 1 aromatic carbocycles. The van der Waals surface area contributed by atoms with E-state index in [1.165, 1.54) is 6.92 Å². The largest absolute Gasteiger partial charge is 0.479 e. The first kappa shape index (κ1) is 11.0. The average Bonchev–Trinajstić information content (AvgIpc) is 2.01. The van der Waals surface area contributed by atoms with Crippen LogP contribution in [0.2, 0.25) is 0 Å². The standard InChI is InChI=1S/C10H11BrO3/c1-6-3-8(11)5-9(4-6)14-7(2)10(12)13/h3-5,7H,1-2H3,(H,12,13). The number of rotatable bonds is 3. The Hall–Kier alpha value is -1.03. The van der Waals surface area contributed by atoms with Crippen LogP contribution in [-0.2, 0) is 4.79 Å². The van der Waals surface area contributed by atoms with Crippen molar-refractivity contribution < 1.29 is 14.6 Å². The maximum atomic E-state index is 10.5. The maximum Gasteiger partial charge on any atom is 0.344 e. The molecule has 1 atom stereocenters. The molecule has 1 rings (SSSR count). The molecule has 4 heteroatoms. The van der Waals surface area contributed by atoms with Gasteiger partial charge in [-0.3, -0.25) is 0 Å². The number of aliphatic carboxylic acids is 1. The van der Waals surface area contributed by atoms with E-state index in [0.717, 1.165) is 10.0 Å². The second-order valence-corrected chi connectivity index (χ2v) is 3.98. The van der Waals surface area contributed by atoms with Crippen molar-refractivity contribution in [1.82, 2.24) is 0 Å². The number of hydrogen-bond acceptors (Lipinski definition) is 2.